The first-order valence-electron chi connectivity index (χ1n) is 11.4. The molecule has 0 aliphatic carbocycles. The normalized spacial score (nSPS) is 29.8. The van der Waals surface area contributed by atoms with Crippen molar-refractivity contribution in [3.63, 3.8) is 0 Å². The van der Waals surface area contributed by atoms with Crippen LogP contribution in [0.3, 0.4) is 0 Å². The van der Waals surface area contributed by atoms with Crippen molar-refractivity contribution in [2.45, 2.75) is 59.7 Å². The van der Waals surface area contributed by atoms with Crippen molar-refractivity contribution in [3.8, 4) is 0 Å². The Morgan fingerprint density at radius 1 is 0.839 bits per heavy atom. The summed E-state index contributed by atoms with van der Waals surface area (Å²) in [4.78, 5) is 29.3. The first-order chi connectivity index (χ1) is 14.4. The molecule has 3 heterocycles. The van der Waals surface area contributed by atoms with Crippen molar-refractivity contribution in [2.24, 2.45) is 11.3 Å². The number of amides is 2. The number of carbonyl (C=O) groups excluding carboxylic acids is 2. The summed E-state index contributed by atoms with van der Waals surface area (Å²) < 4.78 is 34.8. The molecule has 0 N–H and O–H groups in total. The summed E-state index contributed by atoms with van der Waals surface area (Å²) in [7, 11) is -3.57. The Morgan fingerprint density at radius 2 is 1.42 bits per heavy atom. The Labute approximate surface area is 186 Å². The maximum atomic E-state index is 13.1. The SMILES string of the molecule is CC1CN(S(=O)(=O)N2CCN(C(=O)C3CCCN(C(=O)C(C)(C)C)C3)CC2)CC(C)O1. The van der Waals surface area contributed by atoms with Crippen LogP contribution in [-0.2, 0) is 24.5 Å². The summed E-state index contributed by atoms with van der Waals surface area (Å²) >= 11 is 0. The number of hydrogen-bond donors (Lipinski definition) is 0. The van der Waals surface area contributed by atoms with Crippen LogP contribution in [0.25, 0.3) is 0 Å². The Morgan fingerprint density at radius 3 is 1.97 bits per heavy atom. The van der Waals surface area contributed by atoms with E-state index in [4.69, 9.17) is 4.74 Å². The molecule has 9 nitrogen and oxygen atoms in total. The smallest absolute Gasteiger partial charge is 0.282 e. The zero-order valence-electron chi connectivity index (χ0n) is 19.5. The highest BCUT2D eigenvalue weighted by Gasteiger charge is 2.39. The lowest BCUT2D eigenvalue weighted by Gasteiger charge is -2.42. The standard InChI is InChI=1S/C21H38N4O5S/c1-16-13-25(14-17(2)30-16)31(28,29)24-11-9-22(10-12-24)19(26)18-7-6-8-23(15-18)20(27)21(3,4)5/h16-18H,6-15H2,1-5H3. The summed E-state index contributed by atoms with van der Waals surface area (Å²) in [6.45, 7) is 12.7. The average molecular weight is 459 g/mol. The van der Waals surface area contributed by atoms with Crippen LogP contribution in [0.2, 0.25) is 0 Å². The molecular weight excluding hydrogens is 420 g/mol. The van der Waals surface area contributed by atoms with Crippen LogP contribution >= 0.6 is 0 Å². The van der Waals surface area contributed by atoms with E-state index in [1.54, 1.807) is 4.90 Å². The Balaban J connectivity index is 1.56. The molecule has 3 fully saturated rings. The van der Waals surface area contributed by atoms with E-state index in [1.807, 2.05) is 39.5 Å². The van der Waals surface area contributed by atoms with Gasteiger partial charge in [0.05, 0.1) is 18.1 Å². The predicted molar refractivity (Wildman–Crippen MR) is 117 cm³/mol. The summed E-state index contributed by atoms with van der Waals surface area (Å²) in [5.74, 6) is -0.0869. The van der Waals surface area contributed by atoms with Crippen molar-refractivity contribution in [3.05, 3.63) is 0 Å². The van der Waals surface area contributed by atoms with Crippen molar-refractivity contribution in [2.75, 3.05) is 52.4 Å². The van der Waals surface area contributed by atoms with Crippen LogP contribution in [0.5, 0.6) is 0 Å². The van der Waals surface area contributed by atoms with Crippen LogP contribution < -0.4 is 0 Å². The fraction of sp³-hybridized carbons (Fsp3) is 0.905. The summed E-state index contributed by atoms with van der Waals surface area (Å²) in [6.07, 6.45) is 1.33. The van der Waals surface area contributed by atoms with Crippen LogP contribution in [0.1, 0.15) is 47.5 Å². The molecule has 2 amide bonds. The van der Waals surface area contributed by atoms with E-state index in [0.717, 1.165) is 12.8 Å². The summed E-state index contributed by atoms with van der Waals surface area (Å²) in [6, 6.07) is 0. The van der Waals surface area contributed by atoms with Gasteiger partial charge in [-0.3, -0.25) is 9.59 Å². The van der Waals surface area contributed by atoms with E-state index in [0.29, 0.717) is 52.4 Å². The van der Waals surface area contributed by atoms with E-state index in [9.17, 15) is 18.0 Å². The molecule has 3 atom stereocenters. The zero-order valence-corrected chi connectivity index (χ0v) is 20.4. The van der Waals surface area contributed by atoms with E-state index in [2.05, 4.69) is 0 Å². The van der Waals surface area contributed by atoms with Crippen molar-refractivity contribution >= 4 is 22.0 Å². The van der Waals surface area contributed by atoms with Gasteiger partial charge in [-0.2, -0.15) is 17.0 Å². The van der Waals surface area contributed by atoms with Gasteiger partial charge in [0.1, 0.15) is 0 Å². The highest BCUT2D eigenvalue weighted by Crippen LogP contribution is 2.25. The third-order valence-electron chi connectivity index (χ3n) is 6.29. The minimum atomic E-state index is -3.57. The number of ether oxygens (including phenoxy) is 1. The molecule has 0 saturated carbocycles. The summed E-state index contributed by atoms with van der Waals surface area (Å²) in [5, 5.41) is 0. The van der Waals surface area contributed by atoms with Gasteiger partial charge in [-0.1, -0.05) is 20.8 Å². The Hall–Kier alpha value is -1.23. The molecule has 178 valence electrons. The quantitative estimate of drug-likeness (QED) is 0.623. The van der Waals surface area contributed by atoms with Gasteiger partial charge in [0.25, 0.3) is 10.2 Å². The number of piperazine rings is 1. The van der Waals surface area contributed by atoms with E-state index < -0.39 is 15.6 Å². The van der Waals surface area contributed by atoms with Gasteiger partial charge >= 0.3 is 0 Å². The van der Waals surface area contributed by atoms with Crippen molar-refractivity contribution in [1.82, 2.24) is 18.4 Å². The number of morpholine rings is 1. The van der Waals surface area contributed by atoms with Crippen LogP contribution in [-0.4, -0.2) is 103 Å². The number of carbonyl (C=O) groups is 2. The Bertz CT molecular complexity index is 763. The molecule has 3 aliphatic rings. The Kier molecular flexibility index (Phi) is 7.35. The lowest BCUT2D eigenvalue weighted by molar-refractivity contribution is -0.145. The average Bonchev–Trinajstić information content (AvgIpc) is 2.71. The molecule has 10 heteroatoms. The first-order valence-corrected chi connectivity index (χ1v) is 12.8. The number of piperidine rings is 1. The molecular formula is C21H38N4O5S. The third kappa shape index (κ3) is 5.58. The van der Waals surface area contributed by atoms with Crippen LogP contribution in [0.15, 0.2) is 0 Å². The lowest BCUT2D eigenvalue weighted by atomic mass is 9.90. The monoisotopic (exact) mass is 458 g/mol. The molecule has 31 heavy (non-hydrogen) atoms. The maximum absolute atomic E-state index is 13.1. The van der Waals surface area contributed by atoms with Crippen LogP contribution in [0, 0.1) is 11.3 Å². The van der Waals surface area contributed by atoms with Crippen molar-refractivity contribution in [1.29, 1.82) is 0 Å². The fourth-order valence-electron chi connectivity index (χ4n) is 4.72. The number of likely N-dealkylation sites (tertiary alicyclic amines) is 1. The van der Waals surface area contributed by atoms with Crippen molar-refractivity contribution < 1.29 is 22.7 Å². The topological polar surface area (TPSA) is 90.5 Å². The number of rotatable bonds is 3. The zero-order chi connectivity index (χ0) is 23.0. The molecule has 0 spiro atoms. The van der Waals surface area contributed by atoms with E-state index >= 15 is 0 Å². The predicted octanol–water partition coefficient (Wildman–Crippen LogP) is 0.769. The molecule has 3 rings (SSSR count). The second-order valence-corrected chi connectivity index (χ2v) is 12.1. The second kappa shape index (κ2) is 9.33. The second-order valence-electron chi connectivity index (χ2n) is 10.1. The molecule has 0 aromatic heterocycles. The maximum Gasteiger partial charge on any atom is 0.282 e. The van der Waals surface area contributed by atoms with Gasteiger partial charge in [0.2, 0.25) is 11.8 Å². The third-order valence-corrected chi connectivity index (χ3v) is 8.26. The molecule has 3 unspecified atom stereocenters. The van der Waals surface area contributed by atoms with E-state index in [-0.39, 0.29) is 29.9 Å². The minimum absolute atomic E-state index is 0.0390. The van der Waals surface area contributed by atoms with Gasteiger partial charge < -0.3 is 14.5 Å². The van der Waals surface area contributed by atoms with Gasteiger partial charge in [-0.25, -0.2) is 0 Å². The fourth-order valence-corrected chi connectivity index (χ4v) is 6.47. The van der Waals surface area contributed by atoms with Gasteiger partial charge in [-0.05, 0) is 26.7 Å². The van der Waals surface area contributed by atoms with Gasteiger partial charge in [-0.15, -0.1) is 0 Å². The highest BCUT2D eigenvalue weighted by atomic mass is 32.2. The van der Waals surface area contributed by atoms with Crippen LogP contribution in [0.4, 0.5) is 0 Å². The molecule has 0 aromatic rings. The lowest BCUT2D eigenvalue weighted by Crippen LogP contribution is -2.58. The van der Waals surface area contributed by atoms with Gasteiger partial charge in [0, 0.05) is 57.8 Å². The summed E-state index contributed by atoms with van der Waals surface area (Å²) in [5.41, 5.74) is -0.459. The molecule has 0 aromatic carbocycles. The number of nitrogens with zero attached hydrogens (tertiary/aromatic N) is 4. The largest absolute Gasteiger partial charge is 0.373 e. The highest BCUT2D eigenvalue weighted by molar-refractivity contribution is 7.86. The minimum Gasteiger partial charge on any atom is -0.373 e. The van der Waals surface area contributed by atoms with E-state index in [1.165, 1.54) is 8.61 Å². The molecule has 3 saturated heterocycles. The number of hydrogen-bond acceptors (Lipinski definition) is 5. The molecule has 3 aliphatic heterocycles. The molecule has 0 bridgehead atoms. The molecule has 0 radical (unpaired) electrons. The first kappa shape index (κ1) is 24.4. The van der Waals surface area contributed by atoms with Gasteiger partial charge in [0.15, 0.2) is 0 Å².